The quantitative estimate of drug-likeness (QED) is 0.633. The Morgan fingerprint density at radius 3 is 2.71 bits per heavy atom. The van der Waals surface area contributed by atoms with Crippen LogP contribution in [0.5, 0.6) is 0 Å². The normalized spacial score (nSPS) is 21.6. The smallest absolute Gasteiger partial charge is 0.128 e. The van der Waals surface area contributed by atoms with Gasteiger partial charge in [-0.05, 0) is 51.2 Å². The fraction of sp³-hybridized carbons (Fsp3) is 0.500. The maximum absolute atomic E-state index is 6.22. The lowest BCUT2D eigenvalue weighted by Crippen LogP contribution is -2.28. The van der Waals surface area contributed by atoms with Crippen molar-refractivity contribution < 1.29 is 4.74 Å². The first-order valence-corrected chi connectivity index (χ1v) is 6.60. The second kappa shape index (κ2) is 3.63. The van der Waals surface area contributed by atoms with E-state index in [1.165, 1.54) is 47.3 Å². The molecule has 0 aromatic heterocycles. The van der Waals surface area contributed by atoms with Crippen molar-refractivity contribution in [1.82, 2.24) is 0 Å². The van der Waals surface area contributed by atoms with Gasteiger partial charge in [-0.1, -0.05) is 23.8 Å². The number of benzene rings is 1. The van der Waals surface area contributed by atoms with Gasteiger partial charge in [0.1, 0.15) is 11.4 Å². The topological polar surface area (TPSA) is 9.23 Å². The van der Waals surface area contributed by atoms with Crippen molar-refractivity contribution in [2.24, 2.45) is 0 Å². The van der Waals surface area contributed by atoms with Crippen LogP contribution in [0.2, 0.25) is 0 Å². The molecule has 0 N–H and O–H groups in total. The highest BCUT2D eigenvalue weighted by Crippen LogP contribution is 2.45. The fourth-order valence-corrected chi connectivity index (χ4v) is 3.07. The Bertz CT molecular complexity index is 494. The van der Waals surface area contributed by atoms with Crippen molar-refractivity contribution in [2.75, 3.05) is 0 Å². The Morgan fingerprint density at radius 2 is 1.88 bits per heavy atom. The molecule has 0 fully saturated rings. The summed E-state index contributed by atoms with van der Waals surface area (Å²) in [5.41, 5.74) is 5.44. The summed E-state index contributed by atoms with van der Waals surface area (Å²) in [6, 6.07) is 6.77. The lowest BCUT2D eigenvalue weighted by molar-refractivity contribution is 0.0207. The van der Waals surface area contributed by atoms with Gasteiger partial charge in [0.2, 0.25) is 0 Å². The minimum atomic E-state index is -0.167. The molecule has 1 heterocycles. The molecule has 90 valence electrons. The van der Waals surface area contributed by atoms with Gasteiger partial charge in [0.05, 0.1) is 0 Å². The summed E-state index contributed by atoms with van der Waals surface area (Å²) >= 11 is 0. The lowest BCUT2D eigenvalue weighted by atomic mass is 9.81. The molecule has 2 aliphatic rings. The van der Waals surface area contributed by atoms with Crippen molar-refractivity contribution in [2.45, 2.75) is 52.1 Å². The van der Waals surface area contributed by atoms with Gasteiger partial charge in [-0.25, -0.2) is 0 Å². The molecule has 1 aliphatic heterocycles. The Kier molecular flexibility index (Phi) is 2.32. The van der Waals surface area contributed by atoms with Crippen LogP contribution in [0.4, 0.5) is 0 Å². The third-order valence-electron chi connectivity index (χ3n) is 3.94. The molecule has 17 heavy (non-hydrogen) atoms. The van der Waals surface area contributed by atoms with Crippen LogP contribution in [-0.2, 0) is 10.3 Å². The number of fused-ring (bicyclic) bond motifs is 2. The molecule has 0 radical (unpaired) electrons. The first kappa shape index (κ1) is 10.9. The molecular weight excluding hydrogens is 208 g/mol. The number of hydrogen-bond acceptors (Lipinski definition) is 1. The predicted octanol–water partition coefficient (Wildman–Crippen LogP) is 4.55. The average molecular weight is 228 g/mol. The van der Waals surface area contributed by atoms with Gasteiger partial charge in [0.25, 0.3) is 0 Å². The summed E-state index contributed by atoms with van der Waals surface area (Å²) in [6.07, 6.45) is 4.88. The van der Waals surface area contributed by atoms with Gasteiger partial charge < -0.3 is 4.74 Å². The first-order valence-electron chi connectivity index (χ1n) is 6.60. The van der Waals surface area contributed by atoms with E-state index >= 15 is 0 Å². The van der Waals surface area contributed by atoms with Crippen LogP contribution in [0.1, 0.15) is 56.2 Å². The van der Waals surface area contributed by atoms with Crippen LogP contribution >= 0.6 is 0 Å². The largest absolute Gasteiger partial charge is 0.487 e. The van der Waals surface area contributed by atoms with Crippen molar-refractivity contribution in [3.8, 4) is 0 Å². The molecule has 0 spiro atoms. The van der Waals surface area contributed by atoms with E-state index in [0.717, 1.165) is 6.42 Å². The molecule has 0 bridgehead atoms. The van der Waals surface area contributed by atoms with E-state index in [-0.39, 0.29) is 5.60 Å². The van der Waals surface area contributed by atoms with Gasteiger partial charge in [-0.2, -0.15) is 0 Å². The van der Waals surface area contributed by atoms with Gasteiger partial charge >= 0.3 is 0 Å². The first-order chi connectivity index (χ1) is 8.08. The third kappa shape index (κ3) is 1.69. The summed E-state index contributed by atoms with van der Waals surface area (Å²) in [6.45, 7) is 6.53. The molecule has 1 aliphatic carbocycles. The minimum absolute atomic E-state index is 0.167. The van der Waals surface area contributed by atoms with Gasteiger partial charge in [-0.15, -0.1) is 0 Å². The SMILES string of the molecule is Cc1ccc2c(c1)C1=C(CCCC1)OC2(C)C. The van der Waals surface area contributed by atoms with Gasteiger partial charge in [0.15, 0.2) is 0 Å². The summed E-state index contributed by atoms with van der Waals surface area (Å²) in [7, 11) is 0. The Hall–Kier alpha value is -1.24. The van der Waals surface area contributed by atoms with Crippen LogP contribution in [-0.4, -0.2) is 0 Å². The second-order valence-corrected chi connectivity index (χ2v) is 5.77. The van der Waals surface area contributed by atoms with Gasteiger partial charge in [0, 0.05) is 12.0 Å². The molecule has 0 amide bonds. The number of aryl methyl sites for hydroxylation is 1. The summed E-state index contributed by atoms with van der Waals surface area (Å²) < 4.78 is 6.22. The zero-order chi connectivity index (χ0) is 12.0. The van der Waals surface area contributed by atoms with E-state index in [9.17, 15) is 0 Å². The Labute approximate surface area is 103 Å². The van der Waals surface area contributed by atoms with Crippen molar-refractivity contribution >= 4 is 5.57 Å². The number of rotatable bonds is 0. The van der Waals surface area contributed by atoms with Gasteiger partial charge in [-0.3, -0.25) is 0 Å². The van der Waals surface area contributed by atoms with E-state index in [4.69, 9.17) is 4.74 Å². The van der Waals surface area contributed by atoms with E-state index in [2.05, 4.69) is 39.0 Å². The molecule has 0 atom stereocenters. The monoisotopic (exact) mass is 228 g/mol. The number of hydrogen-bond donors (Lipinski definition) is 0. The van der Waals surface area contributed by atoms with Crippen LogP contribution in [0.25, 0.3) is 5.57 Å². The molecule has 1 nitrogen and oxygen atoms in total. The molecule has 3 rings (SSSR count). The molecular formula is C16H20O. The van der Waals surface area contributed by atoms with Crippen molar-refractivity contribution in [1.29, 1.82) is 0 Å². The Morgan fingerprint density at radius 1 is 1.12 bits per heavy atom. The van der Waals surface area contributed by atoms with E-state index in [0.29, 0.717) is 0 Å². The average Bonchev–Trinajstić information content (AvgIpc) is 2.28. The summed E-state index contributed by atoms with van der Waals surface area (Å²) in [5.74, 6) is 1.25. The molecule has 1 aromatic rings. The maximum Gasteiger partial charge on any atom is 0.128 e. The van der Waals surface area contributed by atoms with Crippen LogP contribution in [0.15, 0.2) is 24.0 Å². The van der Waals surface area contributed by atoms with E-state index < -0.39 is 0 Å². The maximum atomic E-state index is 6.22. The second-order valence-electron chi connectivity index (χ2n) is 5.77. The highest BCUT2D eigenvalue weighted by Gasteiger charge is 2.34. The Balaban J connectivity index is 2.22. The van der Waals surface area contributed by atoms with E-state index in [1.807, 2.05) is 0 Å². The van der Waals surface area contributed by atoms with Crippen molar-refractivity contribution in [3.05, 3.63) is 40.6 Å². The van der Waals surface area contributed by atoms with Crippen LogP contribution in [0, 0.1) is 6.92 Å². The molecule has 0 saturated carbocycles. The van der Waals surface area contributed by atoms with Crippen molar-refractivity contribution in [3.63, 3.8) is 0 Å². The lowest BCUT2D eigenvalue weighted by Gasteiger charge is -2.38. The zero-order valence-electron chi connectivity index (χ0n) is 11.0. The molecule has 0 unspecified atom stereocenters. The predicted molar refractivity (Wildman–Crippen MR) is 70.7 cm³/mol. The molecule has 1 aromatic carbocycles. The van der Waals surface area contributed by atoms with Crippen LogP contribution < -0.4 is 0 Å². The number of ether oxygens (including phenoxy) is 1. The summed E-state index contributed by atoms with van der Waals surface area (Å²) in [4.78, 5) is 0. The third-order valence-corrected chi connectivity index (χ3v) is 3.94. The van der Waals surface area contributed by atoms with E-state index in [1.54, 1.807) is 0 Å². The van der Waals surface area contributed by atoms with Crippen LogP contribution in [0.3, 0.4) is 0 Å². The molecule has 1 heteroatoms. The highest BCUT2D eigenvalue weighted by molar-refractivity contribution is 5.73. The standard InChI is InChI=1S/C16H20O/c1-11-8-9-14-13(10-11)12-6-4-5-7-15(12)17-16(14,2)3/h8-10H,4-7H2,1-3H3. The fourth-order valence-electron chi connectivity index (χ4n) is 3.07. The zero-order valence-corrected chi connectivity index (χ0v) is 11.0. The minimum Gasteiger partial charge on any atom is -0.487 e. The molecule has 0 saturated heterocycles. The highest BCUT2D eigenvalue weighted by atomic mass is 16.5. The summed E-state index contributed by atoms with van der Waals surface area (Å²) in [5, 5.41) is 0. The number of allylic oxidation sites excluding steroid dienone is 2.